The molecule has 2 aromatic carbocycles. The molecule has 33 heavy (non-hydrogen) atoms. The number of halogens is 1. The molecule has 0 radical (unpaired) electrons. The number of nitrogens with two attached hydrogens (primary N) is 1. The fourth-order valence-electron chi connectivity index (χ4n) is 3.33. The highest BCUT2D eigenvalue weighted by Gasteiger charge is 2.19. The summed E-state index contributed by atoms with van der Waals surface area (Å²) in [6.07, 6.45) is 3.17. The summed E-state index contributed by atoms with van der Waals surface area (Å²) in [5.41, 5.74) is 8.76. The van der Waals surface area contributed by atoms with Crippen molar-refractivity contribution in [2.24, 2.45) is 0 Å². The van der Waals surface area contributed by atoms with E-state index in [1.54, 1.807) is 48.8 Å². The van der Waals surface area contributed by atoms with Crippen LogP contribution in [0.2, 0.25) is 5.02 Å². The van der Waals surface area contributed by atoms with E-state index in [1.165, 1.54) is 12.1 Å². The van der Waals surface area contributed by atoms with Crippen LogP contribution in [-0.4, -0.2) is 23.4 Å². The van der Waals surface area contributed by atoms with E-state index >= 15 is 0 Å². The molecule has 0 fully saturated rings. The second-order valence-corrected chi connectivity index (χ2v) is 9.29. The molecular formula is C23H20ClN5O3S. The van der Waals surface area contributed by atoms with Crippen LogP contribution in [0.4, 0.5) is 11.6 Å². The summed E-state index contributed by atoms with van der Waals surface area (Å²) < 4.78 is 34.3. The number of nitrogen functional groups attached to an aromatic ring is 1. The van der Waals surface area contributed by atoms with Crippen molar-refractivity contribution < 1.29 is 13.2 Å². The maximum atomic E-state index is 12.8. The first-order valence-corrected chi connectivity index (χ1v) is 11.7. The molecule has 0 atom stereocenters. The van der Waals surface area contributed by atoms with Gasteiger partial charge in [0.25, 0.3) is 10.0 Å². The first-order valence-electron chi connectivity index (χ1n) is 9.85. The van der Waals surface area contributed by atoms with E-state index in [0.29, 0.717) is 39.7 Å². The van der Waals surface area contributed by atoms with Gasteiger partial charge in [-0.2, -0.15) is 0 Å². The number of ether oxygens (including phenoxy) is 1. The van der Waals surface area contributed by atoms with Gasteiger partial charge in [-0.3, -0.25) is 4.72 Å². The Morgan fingerprint density at radius 1 is 0.970 bits per heavy atom. The molecule has 4 aromatic rings. The first-order chi connectivity index (χ1) is 15.7. The van der Waals surface area contributed by atoms with Gasteiger partial charge in [0.1, 0.15) is 10.6 Å². The van der Waals surface area contributed by atoms with Crippen LogP contribution in [0.5, 0.6) is 11.6 Å². The number of nitrogens with zero attached hydrogens (tertiary/aromatic N) is 3. The summed E-state index contributed by atoms with van der Waals surface area (Å²) in [4.78, 5) is 12.5. The molecule has 0 aliphatic rings. The van der Waals surface area contributed by atoms with Crippen LogP contribution in [0.25, 0.3) is 11.3 Å². The number of sulfonamides is 1. The Morgan fingerprint density at radius 3 is 2.39 bits per heavy atom. The number of aryl methyl sites for hydroxylation is 2. The van der Waals surface area contributed by atoms with E-state index in [-0.39, 0.29) is 15.9 Å². The molecule has 8 nitrogen and oxygen atoms in total. The summed E-state index contributed by atoms with van der Waals surface area (Å²) in [5.74, 6) is 1.04. The van der Waals surface area contributed by atoms with E-state index in [0.717, 1.165) is 0 Å². The molecule has 0 spiro atoms. The lowest BCUT2D eigenvalue weighted by atomic mass is 10.1. The van der Waals surface area contributed by atoms with Crippen LogP contribution >= 0.6 is 11.6 Å². The van der Waals surface area contributed by atoms with E-state index in [1.807, 2.05) is 19.9 Å². The van der Waals surface area contributed by atoms with Gasteiger partial charge in [0.05, 0.1) is 16.3 Å². The van der Waals surface area contributed by atoms with E-state index in [4.69, 9.17) is 22.1 Å². The van der Waals surface area contributed by atoms with Crippen molar-refractivity contribution in [1.29, 1.82) is 0 Å². The van der Waals surface area contributed by atoms with Crippen LogP contribution in [0.3, 0.4) is 0 Å². The topological polar surface area (TPSA) is 120 Å². The number of pyridine rings is 1. The molecule has 0 bridgehead atoms. The maximum Gasteiger partial charge on any atom is 0.263 e. The van der Waals surface area contributed by atoms with Gasteiger partial charge < -0.3 is 10.5 Å². The molecule has 2 heterocycles. The smallest absolute Gasteiger partial charge is 0.263 e. The highest BCUT2D eigenvalue weighted by Crippen LogP contribution is 2.35. The zero-order valence-electron chi connectivity index (χ0n) is 17.8. The van der Waals surface area contributed by atoms with E-state index in [2.05, 4.69) is 19.7 Å². The Hall–Kier alpha value is -3.69. The molecule has 10 heteroatoms. The Labute approximate surface area is 196 Å². The molecule has 2 aromatic heterocycles. The molecule has 0 unspecified atom stereocenters. The van der Waals surface area contributed by atoms with Crippen molar-refractivity contribution >= 4 is 33.3 Å². The number of hydrogen-bond acceptors (Lipinski definition) is 7. The Balaban J connectivity index is 1.65. The van der Waals surface area contributed by atoms with Gasteiger partial charge in [0.2, 0.25) is 11.8 Å². The molecule has 0 amide bonds. The fourth-order valence-corrected chi connectivity index (χ4v) is 4.89. The second kappa shape index (κ2) is 9.05. The third-order valence-electron chi connectivity index (χ3n) is 4.76. The highest BCUT2D eigenvalue weighted by molar-refractivity contribution is 7.92. The highest BCUT2D eigenvalue weighted by atomic mass is 35.5. The Morgan fingerprint density at radius 2 is 1.70 bits per heavy atom. The summed E-state index contributed by atoms with van der Waals surface area (Å²) in [5, 5.41) is 0.145. The number of nitrogens with one attached hydrogen (secondary N) is 1. The van der Waals surface area contributed by atoms with Crippen molar-refractivity contribution in [2.75, 3.05) is 10.5 Å². The average molecular weight is 482 g/mol. The zero-order valence-corrected chi connectivity index (χ0v) is 19.4. The van der Waals surface area contributed by atoms with Gasteiger partial charge >= 0.3 is 0 Å². The number of hydrogen-bond donors (Lipinski definition) is 2. The van der Waals surface area contributed by atoms with E-state index in [9.17, 15) is 8.42 Å². The standard InChI is InChI=1S/C23H20ClN5O3S/c1-14-12-16(29-33(30,31)20-8-4-3-7-18(20)24)13-15(2)21(14)32-22-17(6-5-10-26-22)19-9-11-27-23(25)28-19/h3-13,29H,1-2H3,(H2,25,27,28). The number of benzene rings is 2. The lowest BCUT2D eigenvalue weighted by molar-refractivity contribution is 0.458. The van der Waals surface area contributed by atoms with Crippen molar-refractivity contribution in [3.8, 4) is 22.9 Å². The third-order valence-corrected chi connectivity index (χ3v) is 6.64. The van der Waals surface area contributed by atoms with Gasteiger partial charge in [-0.25, -0.2) is 23.4 Å². The van der Waals surface area contributed by atoms with Gasteiger partial charge in [-0.05, 0) is 67.4 Å². The maximum absolute atomic E-state index is 12.8. The van der Waals surface area contributed by atoms with Crippen LogP contribution in [0, 0.1) is 13.8 Å². The largest absolute Gasteiger partial charge is 0.438 e. The average Bonchev–Trinajstić information content (AvgIpc) is 2.76. The second-order valence-electron chi connectivity index (χ2n) is 7.23. The van der Waals surface area contributed by atoms with Crippen LogP contribution in [-0.2, 0) is 10.0 Å². The molecule has 4 rings (SSSR count). The minimum Gasteiger partial charge on any atom is -0.438 e. The molecule has 0 aliphatic carbocycles. The van der Waals surface area contributed by atoms with Crippen molar-refractivity contribution in [3.63, 3.8) is 0 Å². The summed E-state index contributed by atoms with van der Waals surface area (Å²) in [6, 6.07) is 14.9. The van der Waals surface area contributed by atoms with Crippen molar-refractivity contribution in [2.45, 2.75) is 18.7 Å². The molecule has 0 saturated heterocycles. The lowest BCUT2D eigenvalue weighted by Crippen LogP contribution is -2.13. The predicted molar refractivity (Wildman–Crippen MR) is 128 cm³/mol. The Bertz CT molecular complexity index is 1420. The van der Waals surface area contributed by atoms with Gasteiger partial charge in [0, 0.05) is 18.1 Å². The van der Waals surface area contributed by atoms with Gasteiger partial charge in [-0.15, -0.1) is 0 Å². The van der Waals surface area contributed by atoms with Crippen LogP contribution in [0.1, 0.15) is 11.1 Å². The molecule has 0 aliphatic heterocycles. The van der Waals surface area contributed by atoms with Crippen molar-refractivity contribution in [1.82, 2.24) is 15.0 Å². The van der Waals surface area contributed by atoms with Crippen LogP contribution < -0.4 is 15.2 Å². The minimum atomic E-state index is -3.86. The quantitative estimate of drug-likeness (QED) is 0.398. The first kappa shape index (κ1) is 22.5. The SMILES string of the molecule is Cc1cc(NS(=O)(=O)c2ccccc2Cl)cc(C)c1Oc1ncccc1-c1ccnc(N)n1. The van der Waals surface area contributed by atoms with Gasteiger partial charge in [0.15, 0.2) is 0 Å². The molecular weight excluding hydrogens is 462 g/mol. The summed E-state index contributed by atoms with van der Waals surface area (Å²) in [6.45, 7) is 3.64. The third kappa shape index (κ3) is 4.89. The van der Waals surface area contributed by atoms with E-state index < -0.39 is 10.0 Å². The van der Waals surface area contributed by atoms with Crippen molar-refractivity contribution in [3.05, 3.63) is 83.1 Å². The normalized spacial score (nSPS) is 11.2. The fraction of sp³-hybridized carbons (Fsp3) is 0.0870. The summed E-state index contributed by atoms with van der Waals surface area (Å²) in [7, 11) is -3.86. The minimum absolute atomic E-state index is 0.00421. The van der Waals surface area contributed by atoms with Gasteiger partial charge in [-0.1, -0.05) is 23.7 Å². The molecule has 168 valence electrons. The monoisotopic (exact) mass is 481 g/mol. The number of aromatic nitrogens is 3. The zero-order chi connectivity index (χ0) is 23.6. The summed E-state index contributed by atoms with van der Waals surface area (Å²) >= 11 is 6.07. The number of rotatable bonds is 6. The molecule has 0 saturated carbocycles. The number of anilines is 2. The Kier molecular flexibility index (Phi) is 6.17. The van der Waals surface area contributed by atoms with Crippen LogP contribution in [0.15, 0.2) is 71.9 Å². The molecule has 3 N–H and O–H groups in total. The lowest BCUT2D eigenvalue weighted by Gasteiger charge is -2.16. The predicted octanol–water partition coefficient (Wildman–Crippen LogP) is 4.98.